The van der Waals surface area contributed by atoms with E-state index in [2.05, 4.69) is 11.9 Å². The number of carbonyl (C=O) groups excluding carboxylic acids is 1. The van der Waals surface area contributed by atoms with Gasteiger partial charge in [0.25, 0.3) is 5.91 Å². The Balaban J connectivity index is 2.24. The fourth-order valence-corrected chi connectivity index (χ4v) is 4.22. The molecule has 1 saturated carbocycles. The van der Waals surface area contributed by atoms with Gasteiger partial charge in [0.05, 0.1) is 10.6 Å². The molecule has 0 atom stereocenters. The molecule has 1 aliphatic rings. The van der Waals surface area contributed by atoms with Crippen LogP contribution < -0.4 is 16.4 Å². The Hall–Kier alpha value is -0.880. The van der Waals surface area contributed by atoms with Crippen molar-refractivity contribution >= 4 is 39.7 Å². The first-order valence-electron chi connectivity index (χ1n) is 6.01. The molecule has 0 unspecified atom stereocenters. The maximum atomic E-state index is 11.3. The normalized spacial score (nSPS) is 15.4. The Morgan fingerprint density at radius 2 is 2.22 bits per heavy atom. The third-order valence-corrected chi connectivity index (χ3v) is 5.70. The third-order valence-electron chi connectivity index (χ3n) is 3.41. The number of hydrogen-bond acceptors (Lipinski definition) is 5. The Morgan fingerprint density at radius 3 is 2.67 bits per heavy atom. The molecule has 4 nitrogen and oxygen atoms in total. The monoisotopic (exact) mass is 285 g/mol. The summed E-state index contributed by atoms with van der Waals surface area (Å²) in [7, 11) is 2.06. The van der Waals surface area contributed by atoms with Gasteiger partial charge in [-0.25, -0.2) is 0 Å². The molecule has 2 rings (SSSR count). The van der Waals surface area contributed by atoms with Gasteiger partial charge in [0, 0.05) is 13.6 Å². The number of rotatable bonds is 5. The molecular weight excluding hydrogens is 266 g/mol. The summed E-state index contributed by atoms with van der Waals surface area (Å²) in [4.78, 5) is 15.0. The Kier molecular flexibility index (Phi) is 4.07. The van der Waals surface area contributed by atoms with Crippen molar-refractivity contribution in [3.05, 3.63) is 4.88 Å². The van der Waals surface area contributed by atoms with Gasteiger partial charge >= 0.3 is 0 Å². The predicted octanol–water partition coefficient (Wildman–Crippen LogP) is 2.39. The highest BCUT2D eigenvalue weighted by Crippen LogP contribution is 2.44. The summed E-state index contributed by atoms with van der Waals surface area (Å²) in [6.45, 7) is 1.03. The number of nitrogen functional groups attached to an aromatic ring is 1. The molecule has 1 amide bonds. The van der Waals surface area contributed by atoms with Crippen molar-refractivity contribution < 1.29 is 4.79 Å². The molecule has 0 spiro atoms. The Morgan fingerprint density at radius 1 is 1.56 bits per heavy atom. The minimum absolute atomic E-state index is 0.434. The fourth-order valence-electron chi connectivity index (χ4n) is 2.19. The largest absolute Gasteiger partial charge is 0.396 e. The molecule has 1 heterocycles. The van der Waals surface area contributed by atoms with Gasteiger partial charge in [-0.2, -0.15) is 0 Å². The van der Waals surface area contributed by atoms with E-state index in [9.17, 15) is 4.79 Å². The number of amides is 1. The Bertz CT molecular complexity index is 454. The van der Waals surface area contributed by atoms with E-state index in [1.165, 1.54) is 30.6 Å². The van der Waals surface area contributed by atoms with Crippen LogP contribution in [0.15, 0.2) is 4.90 Å². The lowest BCUT2D eigenvalue weighted by atomic mass is 9.85. The van der Waals surface area contributed by atoms with Crippen molar-refractivity contribution in [2.75, 3.05) is 30.5 Å². The zero-order valence-electron chi connectivity index (χ0n) is 10.7. The van der Waals surface area contributed by atoms with Crippen molar-refractivity contribution in [2.24, 2.45) is 11.7 Å². The van der Waals surface area contributed by atoms with Gasteiger partial charge in [-0.05, 0) is 25.0 Å². The van der Waals surface area contributed by atoms with Gasteiger partial charge < -0.3 is 16.4 Å². The molecule has 18 heavy (non-hydrogen) atoms. The van der Waals surface area contributed by atoms with E-state index in [0.717, 1.165) is 22.4 Å². The summed E-state index contributed by atoms with van der Waals surface area (Å²) in [5, 5.41) is 1.07. The Labute approximate surface area is 116 Å². The van der Waals surface area contributed by atoms with Gasteiger partial charge in [-0.3, -0.25) is 4.79 Å². The summed E-state index contributed by atoms with van der Waals surface area (Å²) >= 11 is 2.99. The first-order valence-corrected chi connectivity index (χ1v) is 8.06. The number of anilines is 2. The average molecular weight is 285 g/mol. The number of primary amides is 1. The van der Waals surface area contributed by atoms with Crippen LogP contribution in [0.25, 0.3) is 0 Å². The fraction of sp³-hybridized carbons (Fsp3) is 0.583. The minimum atomic E-state index is -0.434. The van der Waals surface area contributed by atoms with E-state index < -0.39 is 5.91 Å². The zero-order chi connectivity index (χ0) is 13.3. The number of thiophene rings is 1. The number of thioether (sulfide) groups is 1. The molecule has 0 aliphatic heterocycles. The highest BCUT2D eigenvalue weighted by molar-refractivity contribution is 7.99. The molecule has 0 saturated heterocycles. The van der Waals surface area contributed by atoms with Crippen molar-refractivity contribution in [3.63, 3.8) is 0 Å². The lowest BCUT2D eigenvalue weighted by Gasteiger charge is -2.31. The first-order chi connectivity index (χ1) is 8.54. The summed E-state index contributed by atoms with van der Waals surface area (Å²) in [6, 6.07) is 0. The van der Waals surface area contributed by atoms with Gasteiger partial charge in [0.1, 0.15) is 9.88 Å². The number of nitrogens with two attached hydrogens (primary N) is 2. The quantitative estimate of drug-likeness (QED) is 0.815. The van der Waals surface area contributed by atoms with Gasteiger partial charge in [0.15, 0.2) is 0 Å². The van der Waals surface area contributed by atoms with Gasteiger partial charge in [-0.15, -0.1) is 23.1 Å². The zero-order valence-corrected chi connectivity index (χ0v) is 12.4. The highest BCUT2D eigenvalue weighted by Gasteiger charge is 2.24. The van der Waals surface area contributed by atoms with Crippen molar-refractivity contribution in [2.45, 2.75) is 24.2 Å². The van der Waals surface area contributed by atoms with Crippen LogP contribution in [-0.2, 0) is 0 Å². The standard InChI is InChI=1S/C12H19N3OS2/c1-15(6-7-4-3-5-7)12-10(17-2)8(13)9(18-12)11(14)16/h7H,3-6,13H2,1-2H3,(H2,14,16). The average Bonchev–Trinajstić information content (AvgIpc) is 2.60. The van der Waals surface area contributed by atoms with Crippen LogP contribution in [0.5, 0.6) is 0 Å². The van der Waals surface area contributed by atoms with Crippen LogP contribution in [0.2, 0.25) is 0 Å². The summed E-state index contributed by atoms with van der Waals surface area (Å²) in [6.07, 6.45) is 5.93. The molecule has 4 N–H and O–H groups in total. The van der Waals surface area contributed by atoms with Crippen molar-refractivity contribution in [3.8, 4) is 0 Å². The lowest BCUT2D eigenvalue weighted by molar-refractivity contribution is 0.100. The van der Waals surface area contributed by atoms with Crippen LogP contribution >= 0.6 is 23.1 Å². The molecule has 1 fully saturated rings. The predicted molar refractivity (Wildman–Crippen MR) is 79.6 cm³/mol. The highest BCUT2D eigenvalue weighted by atomic mass is 32.2. The molecule has 1 aromatic rings. The summed E-state index contributed by atoms with van der Waals surface area (Å²) in [5.74, 6) is 0.348. The number of hydrogen-bond donors (Lipinski definition) is 2. The van der Waals surface area contributed by atoms with E-state index >= 15 is 0 Å². The van der Waals surface area contributed by atoms with E-state index in [4.69, 9.17) is 11.5 Å². The van der Waals surface area contributed by atoms with Crippen molar-refractivity contribution in [1.29, 1.82) is 0 Å². The maximum Gasteiger partial charge on any atom is 0.261 e. The first kappa shape index (κ1) is 13.5. The van der Waals surface area contributed by atoms with E-state index in [-0.39, 0.29) is 0 Å². The van der Waals surface area contributed by atoms with Gasteiger partial charge in [-0.1, -0.05) is 6.42 Å². The number of nitrogens with zero attached hydrogens (tertiary/aromatic N) is 1. The molecule has 6 heteroatoms. The topological polar surface area (TPSA) is 72.3 Å². The van der Waals surface area contributed by atoms with E-state index in [1.807, 2.05) is 6.26 Å². The molecule has 0 radical (unpaired) electrons. The van der Waals surface area contributed by atoms with E-state index in [1.54, 1.807) is 11.8 Å². The second kappa shape index (κ2) is 5.40. The SMILES string of the molecule is CSc1c(N(C)CC2CCC2)sc(C(N)=O)c1N. The summed E-state index contributed by atoms with van der Waals surface area (Å²) < 4.78 is 0. The second-order valence-corrected chi connectivity index (χ2v) is 6.54. The lowest BCUT2D eigenvalue weighted by Crippen LogP contribution is -2.29. The van der Waals surface area contributed by atoms with Crippen LogP contribution in [0.1, 0.15) is 28.9 Å². The third kappa shape index (κ3) is 2.44. The molecule has 1 aromatic heterocycles. The van der Waals surface area contributed by atoms with Crippen LogP contribution in [0.4, 0.5) is 10.7 Å². The van der Waals surface area contributed by atoms with Crippen LogP contribution in [0.3, 0.4) is 0 Å². The maximum absolute atomic E-state index is 11.3. The smallest absolute Gasteiger partial charge is 0.261 e. The number of carbonyl (C=O) groups is 1. The summed E-state index contributed by atoms with van der Waals surface area (Å²) in [5.41, 5.74) is 11.9. The molecule has 0 bridgehead atoms. The minimum Gasteiger partial charge on any atom is -0.396 e. The van der Waals surface area contributed by atoms with Crippen LogP contribution in [-0.4, -0.2) is 25.8 Å². The molecular formula is C12H19N3OS2. The van der Waals surface area contributed by atoms with E-state index in [0.29, 0.717) is 10.6 Å². The molecule has 100 valence electrons. The second-order valence-electron chi connectivity index (χ2n) is 4.72. The van der Waals surface area contributed by atoms with Gasteiger partial charge in [0.2, 0.25) is 0 Å². The van der Waals surface area contributed by atoms with Crippen molar-refractivity contribution in [1.82, 2.24) is 0 Å². The molecule has 1 aliphatic carbocycles. The molecule has 0 aromatic carbocycles. The van der Waals surface area contributed by atoms with Crippen LogP contribution in [0, 0.1) is 5.92 Å².